The Kier molecular flexibility index (Phi) is 7.33. The number of ether oxygens (including phenoxy) is 2. The second-order valence-electron chi connectivity index (χ2n) is 8.77. The fourth-order valence-corrected chi connectivity index (χ4v) is 6.42. The Morgan fingerprint density at radius 2 is 2.08 bits per heavy atom. The Labute approximate surface area is 221 Å². The molecule has 3 aliphatic heterocycles. The number of carbonyl (C=O) groups excluding carboxylic acids is 1. The number of rotatable bonds is 6. The Morgan fingerprint density at radius 3 is 2.68 bits per heavy atom. The molecule has 2 unspecified atom stereocenters. The average molecular weight is 571 g/mol. The Bertz CT molecular complexity index is 1360. The molecule has 2 fully saturated rings. The zero-order valence-corrected chi connectivity index (χ0v) is 22.0. The lowest BCUT2D eigenvalue weighted by Gasteiger charge is -2.49. The van der Waals surface area contributed by atoms with E-state index in [2.05, 4.69) is 15.2 Å². The van der Waals surface area contributed by atoms with Crippen molar-refractivity contribution in [3.8, 4) is 0 Å². The van der Waals surface area contributed by atoms with Crippen molar-refractivity contribution in [2.75, 3.05) is 40.0 Å². The fourth-order valence-electron chi connectivity index (χ4n) is 4.81. The molecule has 0 amide bonds. The van der Waals surface area contributed by atoms with Crippen molar-refractivity contribution in [2.24, 2.45) is 10.1 Å². The van der Waals surface area contributed by atoms with E-state index >= 15 is 0 Å². The molecule has 2 bridgehead atoms. The molecule has 4 heterocycles. The van der Waals surface area contributed by atoms with Crippen molar-refractivity contribution in [1.29, 1.82) is 0 Å². The zero-order valence-electron chi connectivity index (χ0n) is 19.6. The van der Waals surface area contributed by atoms with E-state index in [-0.39, 0.29) is 42.3 Å². The largest absolute Gasteiger partial charge is 0.466 e. The van der Waals surface area contributed by atoms with Gasteiger partial charge in [0.1, 0.15) is 11.9 Å². The normalized spacial score (nSPS) is 25.0. The highest BCUT2D eigenvalue weighted by atomic mass is 35.5. The fraction of sp³-hybridized carbons (Fsp3) is 0.409. The van der Waals surface area contributed by atoms with Crippen molar-refractivity contribution >= 4 is 45.0 Å². The van der Waals surface area contributed by atoms with Gasteiger partial charge in [-0.25, -0.2) is 19.3 Å². The van der Waals surface area contributed by atoms with E-state index in [1.165, 1.54) is 41.0 Å². The second-order valence-corrected chi connectivity index (χ2v) is 11.6. The van der Waals surface area contributed by atoms with Gasteiger partial charge in [-0.1, -0.05) is 17.7 Å². The number of thiazole rings is 1. The summed E-state index contributed by atoms with van der Waals surface area (Å²) in [5.74, 6) is -0.719. The van der Waals surface area contributed by atoms with E-state index in [4.69, 9.17) is 31.2 Å². The Morgan fingerprint density at radius 1 is 1.35 bits per heavy atom. The highest BCUT2D eigenvalue weighted by molar-refractivity contribution is 7.86. The predicted octanol–water partition coefficient (Wildman–Crippen LogP) is 1.04. The molecule has 2 saturated heterocycles. The first-order valence-electron chi connectivity index (χ1n) is 11.3. The molecular weight excluding hydrogens is 547 g/mol. The van der Waals surface area contributed by atoms with Gasteiger partial charge in [-0.3, -0.25) is 9.89 Å². The third-order valence-corrected chi connectivity index (χ3v) is 8.64. The van der Waals surface area contributed by atoms with Crippen LogP contribution in [0.15, 0.2) is 46.0 Å². The molecule has 3 atom stereocenters. The maximum absolute atomic E-state index is 13.9. The highest BCUT2D eigenvalue weighted by Crippen LogP contribution is 2.37. The molecule has 0 aliphatic carbocycles. The van der Waals surface area contributed by atoms with Gasteiger partial charge in [0.15, 0.2) is 10.8 Å². The summed E-state index contributed by atoms with van der Waals surface area (Å²) in [7, 11) is -2.60. The van der Waals surface area contributed by atoms with Crippen LogP contribution in [0.25, 0.3) is 0 Å². The lowest BCUT2D eigenvalue weighted by molar-refractivity contribution is -0.136. The van der Waals surface area contributed by atoms with Crippen LogP contribution in [0.2, 0.25) is 5.02 Å². The van der Waals surface area contributed by atoms with Crippen LogP contribution >= 0.6 is 22.9 Å². The first-order chi connectivity index (χ1) is 17.7. The molecule has 15 heteroatoms. The number of amidine groups is 1. The third-order valence-electron chi connectivity index (χ3n) is 6.51. The molecule has 1 aromatic carbocycles. The minimum Gasteiger partial charge on any atom is -0.466 e. The molecule has 0 saturated carbocycles. The number of benzene rings is 1. The van der Waals surface area contributed by atoms with Crippen LogP contribution in [-0.2, 0) is 24.5 Å². The van der Waals surface area contributed by atoms with Gasteiger partial charge in [0.05, 0.1) is 25.9 Å². The van der Waals surface area contributed by atoms with Crippen LogP contribution in [0, 0.1) is 5.82 Å². The molecule has 11 nitrogen and oxygen atoms in total. The van der Waals surface area contributed by atoms with Crippen LogP contribution in [-0.4, -0.2) is 86.5 Å². The van der Waals surface area contributed by atoms with Crippen molar-refractivity contribution in [2.45, 2.75) is 18.1 Å². The minimum atomic E-state index is -3.87. The highest BCUT2D eigenvalue weighted by Gasteiger charge is 2.43. The molecule has 5 rings (SSSR count). The van der Waals surface area contributed by atoms with E-state index in [1.54, 1.807) is 11.6 Å². The molecule has 3 aliphatic rings. The number of nitrogens with two attached hydrogens (primary N) is 1. The number of aliphatic imine (C=N–C) groups is 1. The van der Waals surface area contributed by atoms with Crippen LogP contribution in [0.4, 0.5) is 4.39 Å². The summed E-state index contributed by atoms with van der Waals surface area (Å²) < 4.78 is 50.0. The van der Waals surface area contributed by atoms with Crippen LogP contribution in [0.1, 0.15) is 16.6 Å². The average Bonchev–Trinajstić information content (AvgIpc) is 3.37. The first kappa shape index (κ1) is 26.2. The Balaban J connectivity index is 1.57. The number of nitrogens with one attached hydrogen (secondary N) is 1. The van der Waals surface area contributed by atoms with Crippen molar-refractivity contribution in [1.82, 2.24) is 19.5 Å². The molecule has 37 heavy (non-hydrogen) atoms. The van der Waals surface area contributed by atoms with Gasteiger partial charge in [0, 0.05) is 59.6 Å². The van der Waals surface area contributed by atoms with Crippen molar-refractivity contribution in [3.63, 3.8) is 0 Å². The van der Waals surface area contributed by atoms with E-state index in [0.29, 0.717) is 35.3 Å². The lowest BCUT2D eigenvalue weighted by Crippen LogP contribution is -2.66. The smallest absolute Gasteiger partial charge is 0.338 e. The summed E-state index contributed by atoms with van der Waals surface area (Å²) in [5, 5.41) is 11.1. The molecule has 0 radical (unpaired) electrons. The number of carbonyl (C=O) groups is 1. The topological polar surface area (TPSA) is 139 Å². The molecule has 198 valence electrons. The summed E-state index contributed by atoms with van der Waals surface area (Å²) in [5.41, 5.74) is 1.14. The van der Waals surface area contributed by atoms with Gasteiger partial charge in [-0.05, 0) is 12.1 Å². The zero-order chi connectivity index (χ0) is 26.3. The van der Waals surface area contributed by atoms with Crippen LogP contribution in [0.3, 0.4) is 0 Å². The number of piperazine rings is 1. The number of hydrogen-bond acceptors (Lipinski definition) is 10. The summed E-state index contributed by atoms with van der Waals surface area (Å²) in [4.78, 5) is 24.3. The number of methoxy groups -OCH3 is 1. The predicted molar refractivity (Wildman–Crippen MR) is 135 cm³/mol. The van der Waals surface area contributed by atoms with Gasteiger partial charge in [-0.2, -0.15) is 12.7 Å². The van der Waals surface area contributed by atoms with Crippen LogP contribution < -0.4 is 10.5 Å². The SMILES string of the molecule is COC(=O)C1=C(CN2C3COC[C@H]2CN(S(N)(=O)=O)C3)NC(c2nccs2)=NC1c1ccc(F)cc1Cl. The van der Waals surface area contributed by atoms with E-state index in [0.717, 1.165) is 0 Å². The number of halogens is 2. The van der Waals surface area contributed by atoms with Gasteiger partial charge < -0.3 is 14.8 Å². The first-order valence-corrected chi connectivity index (χ1v) is 14.0. The molecule has 3 N–H and O–H groups in total. The number of morpholine rings is 1. The van der Waals surface area contributed by atoms with Gasteiger partial charge in [0.25, 0.3) is 10.2 Å². The summed E-state index contributed by atoms with van der Waals surface area (Å²) in [6.07, 6.45) is 1.64. The lowest BCUT2D eigenvalue weighted by atomic mass is 9.94. The van der Waals surface area contributed by atoms with Crippen molar-refractivity contribution in [3.05, 3.63) is 62.5 Å². The van der Waals surface area contributed by atoms with Crippen molar-refractivity contribution < 1.29 is 27.1 Å². The van der Waals surface area contributed by atoms with E-state index in [1.807, 2.05) is 0 Å². The molecule has 0 spiro atoms. The quantitative estimate of drug-likeness (QED) is 0.491. The van der Waals surface area contributed by atoms with Gasteiger partial charge in [-0.15, -0.1) is 11.3 Å². The Hall–Kier alpha value is -2.46. The second kappa shape index (κ2) is 10.4. The maximum atomic E-state index is 13.9. The van der Waals surface area contributed by atoms with Gasteiger partial charge in [0.2, 0.25) is 0 Å². The summed E-state index contributed by atoms with van der Waals surface area (Å²) >= 11 is 7.77. The standard InChI is InChI=1S/C22H24ClFN6O5S2/c1-34-22(31)18-17(9-30-13-7-29(37(25,32)33)8-14(30)11-35-10-13)27-20(21-26-4-5-36-21)28-19(18)15-3-2-12(24)6-16(15)23/h2-6,13-14,19H,7-11H2,1H3,(H,27,28)(H2,25,32,33)/t13-,14?,19?/m1/s1. The number of esters is 1. The number of nitrogens with zero attached hydrogens (tertiary/aromatic N) is 4. The minimum absolute atomic E-state index is 0.113. The summed E-state index contributed by atoms with van der Waals surface area (Å²) in [6.45, 7) is 1.13. The number of fused-ring (bicyclic) bond motifs is 2. The summed E-state index contributed by atoms with van der Waals surface area (Å²) in [6, 6.07) is 2.43. The van der Waals surface area contributed by atoms with E-state index < -0.39 is 28.0 Å². The maximum Gasteiger partial charge on any atom is 0.338 e. The molecule has 2 aromatic rings. The van der Waals surface area contributed by atoms with Crippen LogP contribution in [0.5, 0.6) is 0 Å². The molecular formula is C22H24ClFN6O5S2. The monoisotopic (exact) mass is 570 g/mol. The third kappa shape index (κ3) is 5.27. The molecule has 1 aromatic heterocycles. The van der Waals surface area contributed by atoms with E-state index in [9.17, 15) is 17.6 Å². The number of aromatic nitrogens is 1. The number of hydrogen-bond donors (Lipinski definition) is 2. The van der Waals surface area contributed by atoms with Gasteiger partial charge >= 0.3 is 5.97 Å².